The molecule has 0 bridgehead atoms. The molecule has 4 nitrogen and oxygen atoms in total. The lowest BCUT2D eigenvalue weighted by molar-refractivity contribution is -0.120. The quantitative estimate of drug-likeness (QED) is 0.679. The highest BCUT2D eigenvalue weighted by molar-refractivity contribution is 5.78. The van der Waals surface area contributed by atoms with Gasteiger partial charge in [-0.1, -0.05) is 0 Å². The third-order valence-corrected chi connectivity index (χ3v) is 2.02. The van der Waals surface area contributed by atoms with E-state index in [0.29, 0.717) is 6.61 Å². The number of amides is 1. The minimum atomic E-state index is -0.214. The van der Waals surface area contributed by atoms with E-state index >= 15 is 0 Å². The first kappa shape index (κ1) is 10.0. The van der Waals surface area contributed by atoms with Crippen molar-refractivity contribution in [2.24, 2.45) is 0 Å². The van der Waals surface area contributed by atoms with Crippen LogP contribution in [0.4, 0.5) is 0 Å². The van der Waals surface area contributed by atoms with E-state index in [9.17, 15) is 4.79 Å². The fourth-order valence-corrected chi connectivity index (χ4v) is 1.48. The van der Waals surface area contributed by atoms with Crippen molar-refractivity contribution in [3.63, 3.8) is 0 Å². The van der Waals surface area contributed by atoms with Gasteiger partial charge in [0.05, 0.1) is 24.3 Å². The van der Waals surface area contributed by atoms with Crippen LogP contribution in [0.25, 0.3) is 0 Å². The molecule has 72 valence electrons. The average Bonchev–Trinajstić information content (AvgIpc) is 2.30. The zero-order chi connectivity index (χ0) is 9.90. The first-order valence-corrected chi connectivity index (χ1v) is 4.34. The van der Waals surface area contributed by atoms with Gasteiger partial charge in [-0.15, -0.1) is 0 Å². The number of nitrogens with zero attached hydrogens (tertiary/aromatic N) is 1. The van der Waals surface area contributed by atoms with Crippen LogP contribution in [0.1, 0.15) is 26.7 Å². The Bertz CT molecular complexity index is 242. The number of nitrogens with one attached hydrogen (secondary N) is 1. The van der Waals surface area contributed by atoms with Crippen LogP contribution in [0, 0.1) is 11.3 Å². The topological polar surface area (TPSA) is 62.1 Å². The predicted molar refractivity (Wildman–Crippen MR) is 46.8 cm³/mol. The molecule has 0 radical (unpaired) electrons. The first-order valence-electron chi connectivity index (χ1n) is 4.34. The van der Waals surface area contributed by atoms with Crippen molar-refractivity contribution >= 4 is 5.91 Å². The van der Waals surface area contributed by atoms with Gasteiger partial charge in [0.2, 0.25) is 5.91 Å². The monoisotopic (exact) mass is 182 g/mol. The zero-order valence-electron chi connectivity index (χ0n) is 7.96. The Morgan fingerprint density at radius 2 is 2.46 bits per heavy atom. The summed E-state index contributed by atoms with van der Waals surface area (Å²) in [6.07, 6.45) is 0.737. The van der Waals surface area contributed by atoms with Crippen LogP contribution >= 0.6 is 0 Å². The summed E-state index contributed by atoms with van der Waals surface area (Å²) in [5, 5.41) is 11.0. The second kappa shape index (κ2) is 3.75. The van der Waals surface area contributed by atoms with Crippen LogP contribution in [0.3, 0.4) is 0 Å². The average molecular weight is 182 g/mol. The smallest absolute Gasteiger partial charge is 0.234 e. The maximum Gasteiger partial charge on any atom is 0.234 e. The minimum Gasteiger partial charge on any atom is -0.373 e. The first-order chi connectivity index (χ1) is 6.03. The molecular weight excluding hydrogens is 168 g/mol. The van der Waals surface area contributed by atoms with Crippen molar-refractivity contribution in [1.82, 2.24) is 5.32 Å². The molecule has 0 aromatic heterocycles. The summed E-state index contributed by atoms with van der Waals surface area (Å²) in [5.41, 5.74) is -0.148. The summed E-state index contributed by atoms with van der Waals surface area (Å²) in [4.78, 5) is 11.0. The van der Waals surface area contributed by atoms with E-state index in [1.54, 1.807) is 0 Å². The number of rotatable bonds is 2. The normalized spacial score (nSPS) is 25.2. The van der Waals surface area contributed by atoms with E-state index < -0.39 is 0 Å². The van der Waals surface area contributed by atoms with E-state index in [2.05, 4.69) is 5.32 Å². The maximum atomic E-state index is 11.0. The molecule has 0 aliphatic carbocycles. The Hall–Kier alpha value is -1.08. The molecule has 1 fully saturated rings. The summed E-state index contributed by atoms with van der Waals surface area (Å²) >= 11 is 0. The molecule has 0 aromatic rings. The van der Waals surface area contributed by atoms with Crippen molar-refractivity contribution in [2.75, 3.05) is 6.61 Å². The SMILES string of the molecule is CC1(C)CC(NC(=O)CC#N)CO1. The Morgan fingerprint density at radius 3 is 2.92 bits per heavy atom. The molecule has 1 aliphatic rings. The Balaban J connectivity index is 2.33. The molecule has 1 rings (SSSR count). The Labute approximate surface area is 77.9 Å². The summed E-state index contributed by atoms with van der Waals surface area (Å²) < 4.78 is 5.43. The van der Waals surface area contributed by atoms with Crippen LogP contribution in [0.2, 0.25) is 0 Å². The molecule has 1 N–H and O–H groups in total. The van der Waals surface area contributed by atoms with Gasteiger partial charge >= 0.3 is 0 Å². The van der Waals surface area contributed by atoms with Crippen LogP contribution in [0.5, 0.6) is 0 Å². The highest BCUT2D eigenvalue weighted by atomic mass is 16.5. The molecule has 1 unspecified atom stereocenters. The van der Waals surface area contributed by atoms with Gasteiger partial charge in [0, 0.05) is 0 Å². The molecule has 1 saturated heterocycles. The lowest BCUT2D eigenvalue weighted by atomic mass is 10.0. The fraction of sp³-hybridized carbons (Fsp3) is 0.778. The third-order valence-electron chi connectivity index (χ3n) is 2.02. The van der Waals surface area contributed by atoms with Gasteiger partial charge in [-0.2, -0.15) is 5.26 Å². The summed E-state index contributed by atoms with van der Waals surface area (Å²) in [6.45, 7) is 4.52. The van der Waals surface area contributed by atoms with Crippen LogP contribution in [-0.2, 0) is 9.53 Å². The highest BCUT2D eigenvalue weighted by Gasteiger charge is 2.32. The molecule has 0 aromatic carbocycles. The standard InChI is InChI=1S/C9H14N2O2/c1-9(2)5-7(6-13-9)11-8(12)3-4-10/h7H,3,5-6H2,1-2H3,(H,11,12). The molecule has 1 atom stereocenters. The minimum absolute atomic E-state index is 0.0656. The lowest BCUT2D eigenvalue weighted by Crippen LogP contribution is -2.35. The second-order valence-corrected chi connectivity index (χ2v) is 3.87. The summed E-state index contributed by atoms with van der Waals surface area (Å²) in [5.74, 6) is -0.214. The maximum absolute atomic E-state index is 11.0. The van der Waals surface area contributed by atoms with Crippen molar-refractivity contribution in [2.45, 2.75) is 38.3 Å². The van der Waals surface area contributed by atoms with Gasteiger partial charge in [-0.3, -0.25) is 4.79 Å². The van der Waals surface area contributed by atoms with Crippen LogP contribution in [-0.4, -0.2) is 24.2 Å². The van der Waals surface area contributed by atoms with Gasteiger partial charge in [-0.05, 0) is 20.3 Å². The van der Waals surface area contributed by atoms with Crippen molar-refractivity contribution in [3.05, 3.63) is 0 Å². The Morgan fingerprint density at radius 1 is 1.77 bits per heavy atom. The largest absolute Gasteiger partial charge is 0.373 e. The van der Waals surface area contributed by atoms with Crippen LogP contribution < -0.4 is 5.32 Å². The molecule has 0 spiro atoms. The number of ether oxygens (including phenoxy) is 1. The number of hydrogen-bond donors (Lipinski definition) is 1. The van der Waals surface area contributed by atoms with Crippen molar-refractivity contribution in [1.29, 1.82) is 5.26 Å². The van der Waals surface area contributed by atoms with Gasteiger partial charge in [0.1, 0.15) is 6.42 Å². The molecule has 0 saturated carbocycles. The van der Waals surface area contributed by atoms with Gasteiger partial charge in [-0.25, -0.2) is 0 Å². The second-order valence-electron chi connectivity index (χ2n) is 3.87. The molecule has 1 heterocycles. The highest BCUT2D eigenvalue weighted by Crippen LogP contribution is 2.24. The fourth-order valence-electron chi connectivity index (χ4n) is 1.48. The molecular formula is C9H14N2O2. The Kier molecular flexibility index (Phi) is 2.89. The van der Waals surface area contributed by atoms with Gasteiger partial charge in [0.15, 0.2) is 0 Å². The van der Waals surface area contributed by atoms with Crippen molar-refractivity contribution < 1.29 is 9.53 Å². The number of hydrogen-bond acceptors (Lipinski definition) is 3. The van der Waals surface area contributed by atoms with E-state index in [1.807, 2.05) is 19.9 Å². The number of carbonyl (C=O) groups is 1. The van der Waals surface area contributed by atoms with Gasteiger partial charge in [0.25, 0.3) is 0 Å². The number of nitriles is 1. The van der Waals surface area contributed by atoms with E-state index in [-0.39, 0.29) is 24.0 Å². The van der Waals surface area contributed by atoms with Crippen LogP contribution in [0.15, 0.2) is 0 Å². The summed E-state index contributed by atoms with van der Waals surface area (Å²) in [6, 6.07) is 1.87. The van der Waals surface area contributed by atoms with Gasteiger partial charge < -0.3 is 10.1 Å². The predicted octanol–water partition coefficient (Wildman–Crippen LogP) is 0.584. The number of carbonyl (C=O) groups excluding carboxylic acids is 1. The third kappa shape index (κ3) is 3.03. The summed E-state index contributed by atoms with van der Waals surface area (Å²) in [7, 11) is 0. The molecule has 1 amide bonds. The van der Waals surface area contributed by atoms with E-state index in [0.717, 1.165) is 6.42 Å². The van der Waals surface area contributed by atoms with Crippen molar-refractivity contribution in [3.8, 4) is 6.07 Å². The van der Waals surface area contributed by atoms with E-state index in [1.165, 1.54) is 0 Å². The molecule has 1 aliphatic heterocycles. The van der Waals surface area contributed by atoms with E-state index in [4.69, 9.17) is 10.00 Å². The lowest BCUT2D eigenvalue weighted by Gasteiger charge is -2.15. The zero-order valence-corrected chi connectivity index (χ0v) is 7.96. The molecule has 13 heavy (non-hydrogen) atoms. The molecule has 4 heteroatoms.